The first kappa shape index (κ1) is 27.0. The lowest BCUT2D eigenvalue weighted by atomic mass is 10.1. The molecule has 0 heterocycles. The van der Waals surface area contributed by atoms with E-state index in [9.17, 15) is 36.3 Å². The molecule has 0 spiro atoms. The number of hydrogen-bond donors (Lipinski definition) is 3. The van der Waals surface area contributed by atoms with Crippen LogP contribution in [0, 0.1) is 11.6 Å². The third-order valence-electron chi connectivity index (χ3n) is 4.09. The fourth-order valence-electron chi connectivity index (χ4n) is 2.27. The third-order valence-corrected chi connectivity index (χ3v) is 4.56. The summed E-state index contributed by atoms with van der Waals surface area (Å²) in [6.07, 6.45) is -4.90. The van der Waals surface area contributed by atoms with Crippen molar-refractivity contribution in [3.05, 3.63) is 28.8 Å². The summed E-state index contributed by atoms with van der Waals surface area (Å²) in [5, 5.41) is 3.43. The SMILES string of the molecule is CC(C)(NC(=O)C(=O)N(CCS)CCCC(=O)Nc1cc(F)c(F)c(Cl)c1)C(F)(F)F. The number of alkyl halides is 3. The Morgan fingerprint density at radius 2 is 1.74 bits per heavy atom. The summed E-state index contributed by atoms with van der Waals surface area (Å²) in [7, 11) is 0. The van der Waals surface area contributed by atoms with Gasteiger partial charge in [0.2, 0.25) is 5.91 Å². The maximum Gasteiger partial charge on any atom is 0.410 e. The number of halogens is 6. The number of hydrogen-bond acceptors (Lipinski definition) is 4. The average Bonchev–Trinajstić information content (AvgIpc) is 2.63. The van der Waals surface area contributed by atoms with E-state index in [2.05, 4.69) is 17.9 Å². The second-order valence-corrected chi connectivity index (χ2v) is 7.85. The predicted molar refractivity (Wildman–Crippen MR) is 108 cm³/mol. The van der Waals surface area contributed by atoms with Crippen molar-refractivity contribution >= 4 is 47.6 Å². The van der Waals surface area contributed by atoms with Gasteiger partial charge in [0.05, 0.1) is 5.02 Å². The first-order chi connectivity index (χ1) is 14.2. The van der Waals surface area contributed by atoms with E-state index in [-0.39, 0.29) is 37.4 Å². The third kappa shape index (κ3) is 7.84. The molecular formula is C18H21ClF5N3O3S. The van der Waals surface area contributed by atoms with Gasteiger partial charge in [0.15, 0.2) is 11.6 Å². The summed E-state index contributed by atoms with van der Waals surface area (Å²) >= 11 is 9.44. The number of carbonyl (C=O) groups is 3. The Labute approximate surface area is 185 Å². The highest BCUT2D eigenvalue weighted by Gasteiger charge is 2.49. The van der Waals surface area contributed by atoms with Crippen molar-refractivity contribution in [2.45, 2.75) is 38.4 Å². The van der Waals surface area contributed by atoms with E-state index in [1.165, 1.54) is 0 Å². The molecule has 13 heteroatoms. The smallest absolute Gasteiger partial charge is 0.334 e. The predicted octanol–water partition coefficient (Wildman–Crippen LogP) is 3.55. The van der Waals surface area contributed by atoms with Crippen molar-refractivity contribution < 1.29 is 36.3 Å². The van der Waals surface area contributed by atoms with Crippen LogP contribution in [0.15, 0.2) is 12.1 Å². The zero-order chi connectivity index (χ0) is 24.0. The summed E-state index contributed by atoms with van der Waals surface area (Å²) in [5.41, 5.74) is -2.69. The number of nitrogens with zero attached hydrogens (tertiary/aromatic N) is 1. The van der Waals surface area contributed by atoms with Gasteiger partial charge >= 0.3 is 18.0 Å². The molecule has 0 saturated heterocycles. The van der Waals surface area contributed by atoms with Crippen molar-refractivity contribution in [1.82, 2.24) is 10.2 Å². The second-order valence-electron chi connectivity index (χ2n) is 7.00. The van der Waals surface area contributed by atoms with Gasteiger partial charge in [0.25, 0.3) is 0 Å². The van der Waals surface area contributed by atoms with Crippen LogP contribution >= 0.6 is 24.2 Å². The topological polar surface area (TPSA) is 78.5 Å². The van der Waals surface area contributed by atoms with Crippen LogP contribution in [-0.4, -0.2) is 53.2 Å². The molecule has 2 N–H and O–H groups in total. The first-order valence-corrected chi connectivity index (χ1v) is 9.94. The molecule has 6 nitrogen and oxygen atoms in total. The average molecular weight is 490 g/mol. The van der Waals surface area contributed by atoms with Crippen molar-refractivity contribution in [1.29, 1.82) is 0 Å². The van der Waals surface area contributed by atoms with Crippen LogP contribution in [0.4, 0.5) is 27.6 Å². The number of benzene rings is 1. The monoisotopic (exact) mass is 489 g/mol. The highest BCUT2D eigenvalue weighted by molar-refractivity contribution is 7.80. The second kappa shape index (κ2) is 11.0. The standard InChI is InChI=1S/C18H21ClF5N3O3S/c1-17(2,18(22,23)24)26-15(29)16(30)27(6-7-31)5-3-4-13(28)25-10-8-11(19)14(21)12(20)9-10/h8-9,31H,3-7H2,1-2H3,(H,25,28)(H,26,29). The quantitative estimate of drug-likeness (QED) is 0.226. The van der Waals surface area contributed by atoms with Crippen molar-refractivity contribution in [3.8, 4) is 0 Å². The summed E-state index contributed by atoms with van der Waals surface area (Å²) in [6, 6.07) is 1.75. The van der Waals surface area contributed by atoms with Gasteiger partial charge in [-0.3, -0.25) is 14.4 Å². The van der Waals surface area contributed by atoms with Crippen LogP contribution in [0.25, 0.3) is 0 Å². The summed E-state index contributed by atoms with van der Waals surface area (Å²) in [6.45, 7) is 1.28. The molecule has 0 aliphatic heterocycles. The molecule has 3 amide bonds. The minimum absolute atomic E-state index is 0.0395. The Morgan fingerprint density at radius 1 is 1.13 bits per heavy atom. The molecule has 0 aromatic heterocycles. The zero-order valence-corrected chi connectivity index (χ0v) is 18.2. The van der Waals surface area contributed by atoms with Crippen molar-refractivity contribution in [2.24, 2.45) is 0 Å². The van der Waals surface area contributed by atoms with Crippen molar-refractivity contribution in [2.75, 3.05) is 24.2 Å². The number of rotatable bonds is 8. The molecule has 0 atom stereocenters. The Balaban J connectivity index is 2.66. The Morgan fingerprint density at radius 3 is 2.26 bits per heavy atom. The van der Waals surface area contributed by atoms with Crippen LogP contribution in [0.2, 0.25) is 5.02 Å². The first-order valence-electron chi connectivity index (χ1n) is 8.93. The Kier molecular flexibility index (Phi) is 9.55. The molecule has 174 valence electrons. The fourth-order valence-corrected chi connectivity index (χ4v) is 2.72. The van der Waals surface area contributed by atoms with Gasteiger partial charge < -0.3 is 15.5 Å². The van der Waals surface area contributed by atoms with E-state index >= 15 is 0 Å². The molecule has 0 bridgehead atoms. The molecular weight excluding hydrogens is 469 g/mol. The van der Waals surface area contributed by atoms with E-state index < -0.39 is 46.1 Å². The summed E-state index contributed by atoms with van der Waals surface area (Å²) in [5.74, 6) is -5.62. The zero-order valence-electron chi connectivity index (χ0n) is 16.6. The Hall–Kier alpha value is -2.08. The van der Waals surface area contributed by atoms with Crippen LogP contribution in [0.3, 0.4) is 0 Å². The van der Waals surface area contributed by atoms with Gasteiger partial charge in [-0.25, -0.2) is 8.78 Å². The van der Waals surface area contributed by atoms with E-state index in [1.54, 1.807) is 5.32 Å². The highest BCUT2D eigenvalue weighted by atomic mass is 35.5. The summed E-state index contributed by atoms with van der Waals surface area (Å²) < 4.78 is 65.2. The number of nitrogens with one attached hydrogen (secondary N) is 2. The van der Waals surface area contributed by atoms with Crippen molar-refractivity contribution in [3.63, 3.8) is 0 Å². The van der Waals surface area contributed by atoms with Gasteiger partial charge in [0, 0.05) is 37.0 Å². The van der Waals surface area contributed by atoms with E-state index in [0.29, 0.717) is 0 Å². The van der Waals surface area contributed by atoms with E-state index in [1.807, 2.05) is 0 Å². The van der Waals surface area contributed by atoms with Gasteiger partial charge in [-0.2, -0.15) is 25.8 Å². The van der Waals surface area contributed by atoms with Crippen LogP contribution < -0.4 is 10.6 Å². The molecule has 0 aliphatic carbocycles. The number of thiol groups is 1. The van der Waals surface area contributed by atoms with Gasteiger partial charge in [-0.15, -0.1) is 0 Å². The number of carbonyl (C=O) groups excluding carboxylic acids is 3. The molecule has 1 aromatic rings. The normalized spacial score (nSPS) is 11.8. The lowest BCUT2D eigenvalue weighted by Gasteiger charge is -2.30. The number of amides is 3. The molecule has 0 aliphatic rings. The van der Waals surface area contributed by atoms with E-state index in [0.717, 1.165) is 30.9 Å². The highest BCUT2D eigenvalue weighted by Crippen LogP contribution is 2.29. The minimum atomic E-state index is -4.77. The molecule has 0 radical (unpaired) electrons. The van der Waals surface area contributed by atoms with Gasteiger partial charge in [-0.05, 0) is 26.3 Å². The molecule has 31 heavy (non-hydrogen) atoms. The van der Waals surface area contributed by atoms with Gasteiger partial charge in [-0.1, -0.05) is 11.6 Å². The molecule has 1 rings (SSSR count). The fraction of sp³-hybridized carbons (Fsp3) is 0.500. The minimum Gasteiger partial charge on any atom is -0.334 e. The van der Waals surface area contributed by atoms with Crippen LogP contribution in [0.1, 0.15) is 26.7 Å². The lowest BCUT2D eigenvalue weighted by molar-refractivity contribution is -0.189. The van der Waals surface area contributed by atoms with Gasteiger partial charge in [0.1, 0.15) is 5.54 Å². The largest absolute Gasteiger partial charge is 0.410 e. The molecule has 0 fully saturated rings. The van der Waals surface area contributed by atoms with E-state index in [4.69, 9.17) is 11.6 Å². The molecule has 0 unspecified atom stereocenters. The Bertz CT molecular complexity index is 813. The maximum atomic E-state index is 13.3. The van der Waals surface area contributed by atoms with Crippen LogP contribution in [0.5, 0.6) is 0 Å². The molecule has 0 saturated carbocycles. The lowest BCUT2D eigenvalue weighted by Crippen LogP contribution is -2.58. The van der Waals surface area contributed by atoms with Crippen LogP contribution in [-0.2, 0) is 14.4 Å². The summed E-state index contributed by atoms with van der Waals surface area (Å²) in [4.78, 5) is 37.1. The molecule has 1 aromatic carbocycles. The number of anilines is 1. The maximum absolute atomic E-state index is 13.3.